The van der Waals surface area contributed by atoms with Crippen LogP contribution in [0.4, 0.5) is 5.69 Å². The second-order valence-corrected chi connectivity index (χ2v) is 6.95. The van der Waals surface area contributed by atoms with Crippen LogP contribution in [0.5, 0.6) is 0 Å². The van der Waals surface area contributed by atoms with Crippen LogP contribution >= 0.6 is 0 Å². The van der Waals surface area contributed by atoms with E-state index in [2.05, 4.69) is 10.0 Å². The molecule has 6 nitrogen and oxygen atoms in total. The van der Waals surface area contributed by atoms with Gasteiger partial charge in [0.05, 0.1) is 11.5 Å². The van der Waals surface area contributed by atoms with Crippen LogP contribution in [0.3, 0.4) is 0 Å². The van der Waals surface area contributed by atoms with E-state index in [1.165, 1.54) is 0 Å². The van der Waals surface area contributed by atoms with Crippen molar-refractivity contribution in [2.45, 2.75) is 37.2 Å². The fourth-order valence-electron chi connectivity index (χ4n) is 1.83. The van der Waals surface area contributed by atoms with Crippen molar-refractivity contribution in [3.8, 4) is 0 Å². The van der Waals surface area contributed by atoms with Crippen LogP contribution < -0.4 is 15.8 Å². The summed E-state index contributed by atoms with van der Waals surface area (Å²) in [6.07, 6.45) is 0.781. The molecule has 1 rings (SSSR count). The van der Waals surface area contributed by atoms with Gasteiger partial charge in [-0.05, 0) is 44.5 Å². The van der Waals surface area contributed by atoms with Gasteiger partial charge in [0.2, 0.25) is 10.0 Å². The first-order valence-electron chi connectivity index (χ1n) is 6.96. The number of rotatable bonds is 9. The predicted octanol–water partition coefficient (Wildman–Crippen LogP) is 1.15. The standard InChI is InChI=1S/C14H25N3O3S/c1-11(2)17-21(18,19)14-6-4-13(5-7-14)16-9-8-12(15)10-20-3/h4-7,11-12,16-17H,8-10,15H2,1-3H3. The molecule has 4 N–H and O–H groups in total. The number of benzene rings is 1. The second-order valence-electron chi connectivity index (χ2n) is 5.23. The normalized spacial score (nSPS) is 13.4. The molecule has 0 amide bonds. The summed E-state index contributed by atoms with van der Waals surface area (Å²) in [6.45, 7) is 4.81. The van der Waals surface area contributed by atoms with Gasteiger partial charge in [0.25, 0.3) is 0 Å². The zero-order chi connectivity index (χ0) is 15.9. The highest BCUT2D eigenvalue weighted by Gasteiger charge is 2.14. The van der Waals surface area contributed by atoms with E-state index >= 15 is 0 Å². The minimum Gasteiger partial charge on any atom is -0.385 e. The molecule has 0 saturated heterocycles. The van der Waals surface area contributed by atoms with Crippen molar-refractivity contribution in [2.24, 2.45) is 5.73 Å². The molecule has 0 saturated carbocycles. The Kier molecular flexibility index (Phi) is 7.10. The van der Waals surface area contributed by atoms with Crippen molar-refractivity contribution in [2.75, 3.05) is 25.6 Å². The van der Waals surface area contributed by atoms with E-state index in [0.717, 1.165) is 12.1 Å². The molecule has 1 aromatic carbocycles. The second kappa shape index (κ2) is 8.33. The van der Waals surface area contributed by atoms with Gasteiger partial charge >= 0.3 is 0 Å². The van der Waals surface area contributed by atoms with Crippen molar-refractivity contribution < 1.29 is 13.2 Å². The first-order chi connectivity index (χ1) is 9.85. The number of methoxy groups -OCH3 is 1. The SMILES string of the molecule is COCC(N)CCNc1ccc(S(=O)(=O)NC(C)C)cc1. The van der Waals surface area contributed by atoms with Gasteiger partial charge in [-0.1, -0.05) is 0 Å². The summed E-state index contributed by atoms with van der Waals surface area (Å²) in [5.41, 5.74) is 6.69. The van der Waals surface area contributed by atoms with Gasteiger partial charge in [-0.15, -0.1) is 0 Å². The molecule has 0 aliphatic rings. The Labute approximate surface area is 127 Å². The molecule has 0 bridgehead atoms. The molecule has 0 spiro atoms. The van der Waals surface area contributed by atoms with Crippen LogP contribution in [-0.2, 0) is 14.8 Å². The van der Waals surface area contributed by atoms with Crippen LogP contribution in [0.15, 0.2) is 29.2 Å². The fraction of sp³-hybridized carbons (Fsp3) is 0.571. The summed E-state index contributed by atoms with van der Waals surface area (Å²) in [6, 6.07) is 6.53. The summed E-state index contributed by atoms with van der Waals surface area (Å²) < 4.78 is 31.4. The van der Waals surface area contributed by atoms with E-state index in [4.69, 9.17) is 10.5 Å². The lowest BCUT2D eigenvalue weighted by molar-refractivity contribution is 0.178. The molecular formula is C14H25N3O3S. The smallest absolute Gasteiger partial charge is 0.240 e. The molecule has 0 aliphatic heterocycles. The molecular weight excluding hydrogens is 290 g/mol. The molecule has 21 heavy (non-hydrogen) atoms. The van der Waals surface area contributed by atoms with Gasteiger partial charge in [0.1, 0.15) is 0 Å². The third-order valence-electron chi connectivity index (χ3n) is 2.78. The molecule has 0 aliphatic carbocycles. The Hall–Kier alpha value is -1.15. The maximum absolute atomic E-state index is 12.0. The highest BCUT2D eigenvalue weighted by molar-refractivity contribution is 7.89. The first-order valence-corrected chi connectivity index (χ1v) is 8.44. The third kappa shape index (κ3) is 6.43. The number of nitrogens with one attached hydrogen (secondary N) is 2. The van der Waals surface area contributed by atoms with Crippen molar-refractivity contribution >= 4 is 15.7 Å². The van der Waals surface area contributed by atoms with Gasteiger partial charge in [-0.2, -0.15) is 0 Å². The van der Waals surface area contributed by atoms with Crippen LogP contribution in [0.2, 0.25) is 0 Å². The molecule has 0 heterocycles. The van der Waals surface area contributed by atoms with Gasteiger partial charge < -0.3 is 15.8 Å². The predicted molar refractivity (Wildman–Crippen MR) is 84.9 cm³/mol. The van der Waals surface area contributed by atoms with Gasteiger partial charge in [0.15, 0.2) is 0 Å². The van der Waals surface area contributed by atoms with Gasteiger partial charge in [-0.3, -0.25) is 0 Å². The van der Waals surface area contributed by atoms with E-state index in [0.29, 0.717) is 13.2 Å². The number of sulfonamides is 1. The summed E-state index contributed by atoms with van der Waals surface area (Å²) in [5.74, 6) is 0. The Balaban J connectivity index is 2.54. The molecule has 120 valence electrons. The van der Waals surface area contributed by atoms with E-state index < -0.39 is 10.0 Å². The average Bonchev–Trinajstić information content (AvgIpc) is 2.38. The van der Waals surface area contributed by atoms with Crippen LogP contribution in [0.1, 0.15) is 20.3 Å². The lowest BCUT2D eigenvalue weighted by Gasteiger charge is -2.13. The third-order valence-corrected chi connectivity index (χ3v) is 4.45. The first kappa shape index (κ1) is 17.9. The van der Waals surface area contributed by atoms with Crippen molar-refractivity contribution in [1.82, 2.24) is 4.72 Å². The molecule has 0 fully saturated rings. The number of nitrogens with two attached hydrogens (primary N) is 1. The molecule has 7 heteroatoms. The number of anilines is 1. The maximum atomic E-state index is 12.0. The minimum absolute atomic E-state index is 0.00241. The molecule has 1 aromatic rings. The average molecular weight is 315 g/mol. The topological polar surface area (TPSA) is 93.4 Å². The lowest BCUT2D eigenvalue weighted by atomic mass is 10.2. The fourth-order valence-corrected chi connectivity index (χ4v) is 3.08. The zero-order valence-corrected chi connectivity index (χ0v) is 13.6. The monoisotopic (exact) mass is 315 g/mol. The Morgan fingerprint density at radius 1 is 1.24 bits per heavy atom. The van der Waals surface area contributed by atoms with E-state index in [-0.39, 0.29) is 17.0 Å². The van der Waals surface area contributed by atoms with Crippen LogP contribution in [-0.4, -0.2) is 40.8 Å². The quantitative estimate of drug-likeness (QED) is 0.635. The lowest BCUT2D eigenvalue weighted by Crippen LogP contribution is -2.30. The van der Waals surface area contributed by atoms with E-state index in [1.54, 1.807) is 45.2 Å². The summed E-state index contributed by atoms with van der Waals surface area (Å²) >= 11 is 0. The van der Waals surface area contributed by atoms with Crippen molar-refractivity contribution in [1.29, 1.82) is 0 Å². The highest BCUT2D eigenvalue weighted by Crippen LogP contribution is 2.14. The zero-order valence-electron chi connectivity index (χ0n) is 12.8. The van der Waals surface area contributed by atoms with Crippen molar-refractivity contribution in [3.05, 3.63) is 24.3 Å². The summed E-state index contributed by atoms with van der Waals surface area (Å²) in [7, 11) is -1.81. The van der Waals surface area contributed by atoms with Gasteiger partial charge in [-0.25, -0.2) is 13.1 Å². The van der Waals surface area contributed by atoms with Gasteiger partial charge in [0, 0.05) is 31.4 Å². The Bertz CT molecular complexity index is 515. The minimum atomic E-state index is -3.43. The van der Waals surface area contributed by atoms with Crippen LogP contribution in [0.25, 0.3) is 0 Å². The molecule has 0 aromatic heterocycles. The summed E-state index contributed by atoms with van der Waals surface area (Å²) in [5, 5.41) is 3.20. The molecule has 1 atom stereocenters. The van der Waals surface area contributed by atoms with E-state index in [1.807, 2.05) is 0 Å². The summed E-state index contributed by atoms with van der Waals surface area (Å²) in [4.78, 5) is 0.262. The van der Waals surface area contributed by atoms with E-state index in [9.17, 15) is 8.42 Å². The van der Waals surface area contributed by atoms with Crippen molar-refractivity contribution in [3.63, 3.8) is 0 Å². The largest absolute Gasteiger partial charge is 0.385 e. The number of hydrogen-bond donors (Lipinski definition) is 3. The number of hydrogen-bond acceptors (Lipinski definition) is 5. The Morgan fingerprint density at radius 2 is 1.86 bits per heavy atom. The van der Waals surface area contributed by atoms with Crippen LogP contribution in [0, 0.1) is 0 Å². The number of ether oxygens (including phenoxy) is 1. The molecule has 1 unspecified atom stereocenters. The Morgan fingerprint density at radius 3 is 2.38 bits per heavy atom. The molecule has 0 radical (unpaired) electrons. The maximum Gasteiger partial charge on any atom is 0.240 e. The highest BCUT2D eigenvalue weighted by atomic mass is 32.2.